The maximum atomic E-state index is 6.34. The van der Waals surface area contributed by atoms with Gasteiger partial charge in [-0.3, -0.25) is 0 Å². The summed E-state index contributed by atoms with van der Waals surface area (Å²) in [6, 6.07) is 6.68. The molecule has 0 fully saturated rings. The fourth-order valence-electron chi connectivity index (χ4n) is 1.79. The van der Waals surface area contributed by atoms with Gasteiger partial charge in [0, 0.05) is 36.9 Å². The minimum absolute atomic E-state index is 0.275. The van der Waals surface area contributed by atoms with E-state index in [0.29, 0.717) is 6.04 Å². The van der Waals surface area contributed by atoms with Gasteiger partial charge in [0.25, 0.3) is 0 Å². The third kappa shape index (κ3) is 6.12. The monoisotopic (exact) mass is 298 g/mol. The normalized spacial score (nSPS) is 11.4. The van der Waals surface area contributed by atoms with Crippen molar-refractivity contribution < 1.29 is 4.74 Å². The van der Waals surface area contributed by atoms with Crippen molar-refractivity contribution in [2.75, 3.05) is 25.1 Å². The number of nitrogens with one attached hydrogen (secondary N) is 1. The molecular weight excluding hydrogens is 272 g/mol. The van der Waals surface area contributed by atoms with Crippen LogP contribution in [0.15, 0.2) is 18.2 Å². The zero-order chi connectivity index (χ0) is 15.1. The van der Waals surface area contributed by atoms with Crippen LogP contribution in [0.2, 0.25) is 5.02 Å². The molecule has 0 saturated heterocycles. The number of halogens is 1. The molecule has 0 aromatic heterocycles. The maximum Gasteiger partial charge on any atom is 0.0644 e. The number of rotatable bonds is 8. The molecule has 0 atom stereocenters. The van der Waals surface area contributed by atoms with Crippen LogP contribution in [0, 0.1) is 0 Å². The smallest absolute Gasteiger partial charge is 0.0644 e. The topological polar surface area (TPSA) is 24.5 Å². The predicted octanol–water partition coefficient (Wildman–Crippen LogP) is 3.70. The molecule has 0 radical (unpaired) electrons. The van der Waals surface area contributed by atoms with Crippen molar-refractivity contribution in [3.63, 3.8) is 0 Å². The molecule has 0 unspecified atom stereocenters. The molecule has 1 N–H and O–H groups in total. The first kappa shape index (κ1) is 17.3. The lowest BCUT2D eigenvalue weighted by atomic mass is 10.2. The summed E-state index contributed by atoms with van der Waals surface area (Å²) in [4.78, 5) is 2.16. The van der Waals surface area contributed by atoms with Crippen LogP contribution in [-0.4, -0.2) is 32.3 Å². The fraction of sp³-hybridized carbons (Fsp3) is 0.625. The quantitative estimate of drug-likeness (QED) is 0.792. The van der Waals surface area contributed by atoms with Gasteiger partial charge in [0.15, 0.2) is 0 Å². The van der Waals surface area contributed by atoms with Crippen LogP contribution in [0.4, 0.5) is 5.69 Å². The van der Waals surface area contributed by atoms with Crippen LogP contribution in [0.25, 0.3) is 0 Å². The highest BCUT2D eigenvalue weighted by atomic mass is 35.5. The van der Waals surface area contributed by atoms with Gasteiger partial charge in [0.1, 0.15) is 0 Å². The van der Waals surface area contributed by atoms with Crippen molar-refractivity contribution in [1.82, 2.24) is 5.32 Å². The van der Waals surface area contributed by atoms with Crippen molar-refractivity contribution in [2.45, 2.75) is 46.4 Å². The van der Waals surface area contributed by atoms with E-state index in [1.165, 1.54) is 0 Å². The summed E-state index contributed by atoms with van der Waals surface area (Å²) >= 11 is 6.34. The number of nitrogens with zero attached hydrogens (tertiary/aromatic N) is 1. The Morgan fingerprint density at radius 1 is 1.25 bits per heavy atom. The van der Waals surface area contributed by atoms with E-state index in [1.807, 2.05) is 19.9 Å². The second-order valence-electron chi connectivity index (χ2n) is 5.65. The third-order valence-corrected chi connectivity index (χ3v) is 3.41. The van der Waals surface area contributed by atoms with Gasteiger partial charge in [0.05, 0.1) is 12.7 Å². The van der Waals surface area contributed by atoms with Gasteiger partial charge in [-0.25, -0.2) is 0 Å². The molecule has 0 aliphatic carbocycles. The standard InChI is InChI=1S/C16H27ClN2O/c1-12(2)18-11-14-6-7-15(10-16(14)17)19(5)8-9-20-13(3)4/h6-7,10,12-13,18H,8-9,11H2,1-5H3. The molecule has 0 spiro atoms. The summed E-state index contributed by atoms with van der Waals surface area (Å²) in [6.07, 6.45) is 0.275. The Labute approximate surface area is 128 Å². The van der Waals surface area contributed by atoms with E-state index in [2.05, 4.69) is 43.2 Å². The molecule has 0 saturated carbocycles. The largest absolute Gasteiger partial charge is 0.377 e. The molecule has 114 valence electrons. The summed E-state index contributed by atoms with van der Waals surface area (Å²) in [5.74, 6) is 0. The van der Waals surface area contributed by atoms with E-state index in [4.69, 9.17) is 16.3 Å². The first-order chi connectivity index (χ1) is 9.40. The van der Waals surface area contributed by atoms with E-state index in [9.17, 15) is 0 Å². The molecule has 0 aliphatic heterocycles. The van der Waals surface area contributed by atoms with E-state index in [1.54, 1.807) is 0 Å². The average molecular weight is 299 g/mol. The second kappa shape index (κ2) is 8.50. The van der Waals surface area contributed by atoms with Gasteiger partial charge < -0.3 is 15.0 Å². The minimum atomic E-state index is 0.275. The molecule has 1 rings (SSSR count). The van der Waals surface area contributed by atoms with Crippen LogP contribution in [-0.2, 0) is 11.3 Å². The molecule has 0 bridgehead atoms. The van der Waals surface area contributed by atoms with E-state index < -0.39 is 0 Å². The number of benzene rings is 1. The molecule has 3 nitrogen and oxygen atoms in total. The highest BCUT2D eigenvalue weighted by Gasteiger charge is 2.06. The average Bonchev–Trinajstić information content (AvgIpc) is 2.36. The van der Waals surface area contributed by atoms with Gasteiger partial charge in [-0.15, -0.1) is 0 Å². The van der Waals surface area contributed by atoms with Gasteiger partial charge in [-0.1, -0.05) is 31.5 Å². The lowest BCUT2D eigenvalue weighted by Crippen LogP contribution is -2.24. The number of ether oxygens (including phenoxy) is 1. The Bertz CT molecular complexity index is 407. The van der Waals surface area contributed by atoms with Crippen molar-refractivity contribution in [3.05, 3.63) is 28.8 Å². The Kier molecular flexibility index (Phi) is 7.35. The highest BCUT2D eigenvalue weighted by Crippen LogP contribution is 2.23. The Morgan fingerprint density at radius 3 is 2.50 bits per heavy atom. The number of anilines is 1. The lowest BCUT2D eigenvalue weighted by molar-refractivity contribution is 0.0846. The highest BCUT2D eigenvalue weighted by molar-refractivity contribution is 6.31. The Balaban J connectivity index is 2.57. The maximum absolute atomic E-state index is 6.34. The van der Waals surface area contributed by atoms with E-state index >= 15 is 0 Å². The molecule has 20 heavy (non-hydrogen) atoms. The number of hydrogen-bond acceptors (Lipinski definition) is 3. The van der Waals surface area contributed by atoms with Crippen LogP contribution in [0.1, 0.15) is 33.3 Å². The molecule has 0 aliphatic rings. The van der Waals surface area contributed by atoms with Crippen molar-refractivity contribution in [1.29, 1.82) is 0 Å². The number of hydrogen-bond donors (Lipinski definition) is 1. The fourth-order valence-corrected chi connectivity index (χ4v) is 2.03. The third-order valence-electron chi connectivity index (χ3n) is 3.06. The molecule has 1 aromatic rings. The second-order valence-corrected chi connectivity index (χ2v) is 6.06. The zero-order valence-electron chi connectivity index (χ0n) is 13.2. The van der Waals surface area contributed by atoms with Gasteiger partial charge in [-0.2, -0.15) is 0 Å². The molecule has 1 aromatic carbocycles. The Morgan fingerprint density at radius 2 is 1.95 bits per heavy atom. The lowest BCUT2D eigenvalue weighted by Gasteiger charge is -2.21. The van der Waals surface area contributed by atoms with Crippen LogP contribution in [0.5, 0.6) is 0 Å². The van der Waals surface area contributed by atoms with E-state index in [0.717, 1.165) is 36.0 Å². The van der Waals surface area contributed by atoms with Gasteiger partial charge in [-0.05, 0) is 31.5 Å². The first-order valence-corrected chi connectivity index (χ1v) is 7.62. The molecule has 0 amide bonds. The summed E-state index contributed by atoms with van der Waals surface area (Å²) in [7, 11) is 2.06. The van der Waals surface area contributed by atoms with Gasteiger partial charge in [0.2, 0.25) is 0 Å². The van der Waals surface area contributed by atoms with E-state index in [-0.39, 0.29) is 6.10 Å². The summed E-state index contributed by atoms with van der Waals surface area (Å²) in [6.45, 7) is 10.7. The first-order valence-electron chi connectivity index (χ1n) is 7.24. The van der Waals surface area contributed by atoms with Crippen LogP contribution >= 0.6 is 11.6 Å². The van der Waals surface area contributed by atoms with Gasteiger partial charge >= 0.3 is 0 Å². The summed E-state index contributed by atoms with van der Waals surface area (Å²) < 4.78 is 5.57. The Hall–Kier alpha value is -0.770. The van der Waals surface area contributed by atoms with Crippen LogP contribution in [0.3, 0.4) is 0 Å². The molecular formula is C16H27ClN2O. The minimum Gasteiger partial charge on any atom is -0.377 e. The number of likely N-dealkylation sites (N-methyl/N-ethyl adjacent to an activating group) is 1. The van der Waals surface area contributed by atoms with Crippen molar-refractivity contribution >= 4 is 17.3 Å². The van der Waals surface area contributed by atoms with Crippen LogP contribution < -0.4 is 10.2 Å². The van der Waals surface area contributed by atoms with Crippen molar-refractivity contribution in [3.8, 4) is 0 Å². The predicted molar refractivity (Wildman–Crippen MR) is 87.8 cm³/mol. The SMILES string of the molecule is CC(C)NCc1ccc(N(C)CCOC(C)C)cc1Cl. The zero-order valence-corrected chi connectivity index (χ0v) is 14.0. The van der Waals surface area contributed by atoms with Crippen molar-refractivity contribution in [2.24, 2.45) is 0 Å². The molecule has 0 heterocycles. The molecule has 4 heteroatoms. The summed E-state index contributed by atoms with van der Waals surface area (Å²) in [5, 5.41) is 4.19. The summed E-state index contributed by atoms with van der Waals surface area (Å²) in [5.41, 5.74) is 2.26.